The maximum atomic E-state index is 12.5. The van der Waals surface area contributed by atoms with Crippen LogP contribution in [0.4, 0.5) is 8.78 Å². The number of nitrogens with zero attached hydrogens (tertiary/aromatic N) is 2. The largest absolute Gasteiger partial charge is 0.281 e. The lowest BCUT2D eigenvalue weighted by molar-refractivity contribution is 0.145. The summed E-state index contributed by atoms with van der Waals surface area (Å²) in [5, 5.41) is 12.7. The molecule has 2 N–H and O–H groups in total. The van der Waals surface area contributed by atoms with Crippen LogP contribution < -0.4 is 5.14 Å². The summed E-state index contributed by atoms with van der Waals surface area (Å²) in [6.07, 6.45) is -3.03. The van der Waals surface area contributed by atoms with Crippen LogP contribution in [0.1, 0.15) is 23.2 Å². The van der Waals surface area contributed by atoms with Crippen LogP contribution in [0.2, 0.25) is 0 Å². The first-order valence-corrected chi connectivity index (χ1v) is 5.54. The van der Waals surface area contributed by atoms with Gasteiger partial charge in [-0.1, -0.05) is 0 Å². The van der Waals surface area contributed by atoms with Gasteiger partial charge in [0.05, 0.1) is 5.56 Å². The highest BCUT2D eigenvalue weighted by atomic mass is 32.2. The molecule has 0 radical (unpaired) electrons. The highest BCUT2D eigenvalue weighted by Gasteiger charge is 2.22. The molecule has 8 heteroatoms. The SMILES string of the molecule is Cc1cc(C#N)c(C(F)F)nc1S(N)(=O)=O. The van der Waals surface area contributed by atoms with E-state index < -0.39 is 27.2 Å². The van der Waals surface area contributed by atoms with Gasteiger partial charge in [0.25, 0.3) is 16.4 Å². The fourth-order valence-electron chi connectivity index (χ4n) is 1.15. The van der Waals surface area contributed by atoms with E-state index in [2.05, 4.69) is 4.98 Å². The highest BCUT2D eigenvalue weighted by molar-refractivity contribution is 7.89. The quantitative estimate of drug-likeness (QED) is 0.837. The Morgan fingerprint density at radius 2 is 2.12 bits per heavy atom. The Labute approximate surface area is 90.6 Å². The lowest BCUT2D eigenvalue weighted by Gasteiger charge is -2.07. The molecule has 0 aliphatic rings. The Balaban J connectivity index is 3.60. The van der Waals surface area contributed by atoms with Gasteiger partial charge < -0.3 is 0 Å². The first-order chi connectivity index (χ1) is 7.27. The van der Waals surface area contributed by atoms with Crippen LogP contribution in [-0.4, -0.2) is 13.4 Å². The molecule has 5 nitrogen and oxygen atoms in total. The van der Waals surface area contributed by atoms with E-state index in [1.165, 1.54) is 13.0 Å². The summed E-state index contributed by atoms with van der Waals surface area (Å²) in [6, 6.07) is 2.54. The second-order valence-electron chi connectivity index (χ2n) is 3.00. The van der Waals surface area contributed by atoms with Crippen molar-refractivity contribution in [1.82, 2.24) is 4.98 Å². The third kappa shape index (κ3) is 2.32. The van der Waals surface area contributed by atoms with E-state index in [1.807, 2.05) is 0 Å². The Morgan fingerprint density at radius 1 is 1.56 bits per heavy atom. The fourth-order valence-corrected chi connectivity index (χ4v) is 1.89. The van der Waals surface area contributed by atoms with Crippen molar-refractivity contribution >= 4 is 10.0 Å². The second-order valence-corrected chi connectivity index (χ2v) is 4.48. The van der Waals surface area contributed by atoms with Crippen LogP contribution in [-0.2, 0) is 10.0 Å². The van der Waals surface area contributed by atoms with E-state index >= 15 is 0 Å². The summed E-state index contributed by atoms with van der Waals surface area (Å²) in [4.78, 5) is 3.23. The average molecular weight is 247 g/mol. The van der Waals surface area contributed by atoms with Crippen molar-refractivity contribution in [3.8, 4) is 6.07 Å². The number of hydrogen-bond donors (Lipinski definition) is 1. The maximum Gasteiger partial charge on any atom is 0.281 e. The van der Waals surface area contributed by atoms with Crippen LogP contribution in [0, 0.1) is 18.3 Å². The van der Waals surface area contributed by atoms with Crippen molar-refractivity contribution in [2.75, 3.05) is 0 Å². The number of nitriles is 1. The smallest absolute Gasteiger partial charge is 0.232 e. The third-order valence-electron chi connectivity index (χ3n) is 1.79. The zero-order chi connectivity index (χ0) is 12.5. The molecule has 1 heterocycles. The van der Waals surface area contributed by atoms with Crippen molar-refractivity contribution in [2.45, 2.75) is 18.4 Å². The number of nitrogens with two attached hydrogens (primary N) is 1. The van der Waals surface area contributed by atoms with Gasteiger partial charge in [-0.05, 0) is 18.6 Å². The number of pyridine rings is 1. The molecule has 0 spiro atoms. The standard InChI is InChI=1S/C8H7F2N3O2S/c1-4-2-5(3-11)6(7(9)10)13-8(4)16(12,14)15/h2,7H,1H3,(H2,12,14,15). The molecule has 0 aromatic carbocycles. The molecule has 1 aromatic rings. The lowest BCUT2D eigenvalue weighted by Crippen LogP contribution is -2.17. The average Bonchev–Trinajstić information content (AvgIpc) is 2.14. The van der Waals surface area contributed by atoms with Gasteiger partial charge in [0.1, 0.15) is 11.8 Å². The normalized spacial score (nSPS) is 11.5. The number of hydrogen-bond acceptors (Lipinski definition) is 4. The van der Waals surface area contributed by atoms with Crippen molar-refractivity contribution in [3.63, 3.8) is 0 Å². The van der Waals surface area contributed by atoms with Crippen LogP contribution >= 0.6 is 0 Å². The minimum atomic E-state index is -4.17. The van der Waals surface area contributed by atoms with Gasteiger partial charge >= 0.3 is 0 Å². The second kappa shape index (κ2) is 4.11. The number of primary sulfonamides is 1. The molecule has 0 aliphatic carbocycles. The Morgan fingerprint density at radius 3 is 2.50 bits per heavy atom. The number of rotatable bonds is 2. The van der Waals surface area contributed by atoms with E-state index in [0.29, 0.717) is 0 Å². The van der Waals surface area contributed by atoms with Crippen molar-refractivity contribution < 1.29 is 17.2 Å². The van der Waals surface area contributed by atoms with Crippen molar-refractivity contribution in [1.29, 1.82) is 5.26 Å². The zero-order valence-electron chi connectivity index (χ0n) is 8.11. The van der Waals surface area contributed by atoms with Gasteiger partial charge in [-0.25, -0.2) is 27.3 Å². The highest BCUT2D eigenvalue weighted by Crippen LogP contribution is 2.24. The van der Waals surface area contributed by atoms with Crippen LogP contribution in [0.5, 0.6) is 0 Å². The molecular formula is C8H7F2N3O2S. The lowest BCUT2D eigenvalue weighted by atomic mass is 10.1. The first kappa shape index (κ1) is 12.5. The van der Waals surface area contributed by atoms with Crippen LogP contribution in [0.15, 0.2) is 11.1 Å². The molecule has 1 aromatic heterocycles. The van der Waals surface area contributed by atoms with E-state index in [4.69, 9.17) is 10.4 Å². The molecular weight excluding hydrogens is 240 g/mol. The van der Waals surface area contributed by atoms with Crippen molar-refractivity contribution in [3.05, 3.63) is 22.9 Å². The Hall–Kier alpha value is -1.59. The molecule has 0 fully saturated rings. The van der Waals surface area contributed by atoms with Gasteiger partial charge in [-0.15, -0.1) is 0 Å². The van der Waals surface area contributed by atoms with Gasteiger partial charge in [0, 0.05) is 0 Å². The van der Waals surface area contributed by atoms with E-state index in [-0.39, 0.29) is 11.1 Å². The summed E-state index contributed by atoms with van der Waals surface area (Å²) in [6.45, 7) is 1.32. The van der Waals surface area contributed by atoms with Crippen molar-refractivity contribution in [2.24, 2.45) is 5.14 Å². The third-order valence-corrected chi connectivity index (χ3v) is 2.75. The van der Waals surface area contributed by atoms with E-state index in [1.54, 1.807) is 0 Å². The predicted octanol–water partition coefficient (Wildman–Crippen LogP) is 0.847. The first-order valence-electron chi connectivity index (χ1n) is 4.00. The molecule has 1 rings (SSSR count). The zero-order valence-corrected chi connectivity index (χ0v) is 8.92. The summed E-state index contributed by atoms with van der Waals surface area (Å²) in [7, 11) is -4.17. The van der Waals surface area contributed by atoms with Gasteiger partial charge in [-0.3, -0.25) is 0 Å². The number of halogens is 2. The molecule has 0 unspecified atom stereocenters. The molecule has 0 atom stereocenters. The molecule has 86 valence electrons. The minimum Gasteiger partial charge on any atom is -0.232 e. The number of aromatic nitrogens is 1. The van der Waals surface area contributed by atoms with Crippen LogP contribution in [0.3, 0.4) is 0 Å². The van der Waals surface area contributed by atoms with E-state index in [0.717, 1.165) is 6.07 Å². The molecule has 16 heavy (non-hydrogen) atoms. The predicted molar refractivity (Wildman–Crippen MR) is 50.0 cm³/mol. The summed E-state index contributed by atoms with van der Waals surface area (Å²) < 4.78 is 47.0. The summed E-state index contributed by atoms with van der Waals surface area (Å²) in [5.41, 5.74) is -1.18. The minimum absolute atomic E-state index is 0.0588. The van der Waals surface area contributed by atoms with Crippen LogP contribution in [0.25, 0.3) is 0 Å². The monoisotopic (exact) mass is 247 g/mol. The van der Waals surface area contributed by atoms with E-state index in [9.17, 15) is 17.2 Å². The Kier molecular flexibility index (Phi) is 3.21. The molecule has 0 saturated carbocycles. The number of alkyl halides is 2. The van der Waals surface area contributed by atoms with Gasteiger partial charge in [0.2, 0.25) is 0 Å². The summed E-state index contributed by atoms with van der Waals surface area (Å²) >= 11 is 0. The van der Waals surface area contributed by atoms with Gasteiger partial charge in [-0.2, -0.15) is 5.26 Å². The Bertz CT molecular complexity index is 563. The topological polar surface area (TPSA) is 96.8 Å². The maximum absolute atomic E-state index is 12.5. The molecule has 0 bridgehead atoms. The van der Waals surface area contributed by atoms with Gasteiger partial charge in [0.15, 0.2) is 5.03 Å². The number of aryl methyl sites for hydroxylation is 1. The molecule has 0 aliphatic heterocycles. The summed E-state index contributed by atoms with van der Waals surface area (Å²) in [5.74, 6) is 0. The number of sulfonamides is 1. The fraction of sp³-hybridized carbons (Fsp3) is 0.250. The molecule has 0 amide bonds. The molecule has 0 saturated heterocycles.